The predicted octanol–water partition coefficient (Wildman–Crippen LogP) is 2.85. The minimum atomic E-state index is -0.507. The molecule has 1 aromatic carbocycles. The first kappa shape index (κ1) is 18.9. The second-order valence-corrected chi connectivity index (χ2v) is 6.15. The maximum Gasteiger partial charge on any atom is 0.283 e. The number of benzene rings is 1. The van der Waals surface area contributed by atoms with E-state index in [2.05, 4.69) is 21.2 Å². The highest BCUT2D eigenvalue weighted by Gasteiger charge is 2.28. The number of hydrogen-bond acceptors (Lipinski definition) is 4. The van der Waals surface area contributed by atoms with E-state index < -0.39 is 4.92 Å². The van der Waals surface area contributed by atoms with Crippen molar-refractivity contribution in [2.24, 2.45) is 5.92 Å². The van der Waals surface area contributed by atoms with Gasteiger partial charge >= 0.3 is 0 Å². The third-order valence-electron chi connectivity index (χ3n) is 3.69. The van der Waals surface area contributed by atoms with Crippen LogP contribution in [0, 0.1) is 16.0 Å². The van der Waals surface area contributed by atoms with Crippen molar-refractivity contribution in [3.05, 3.63) is 38.3 Å². The van der Waals surface area contributed by atoms with Gasteiger partial charge in [-0.3, -0.25) is 14.9 Å². The van der Waals surface area contributed by atoms with Gasteiger partial charge < -0.3 is 10.2 Å². The number of rotatable bonds is 4. The van der Waals surface area contributed by atoms with Crippen LogP contribution in [0.5, 0.6) is 0 Å². The highest BCUT2D eigenvalue weighted by molar-refractivity contribution is 9.10. The largest absolute Gasteiger partial charge is 0.338 e. The van der Waals surface area contributed by atoms with Gasteiger partial charge in [-0.15, -0.1) is 12.4 Å². The molecule has 2 rings (SSSR count). The van der Waals surface area contributed by atoms with Crippen LogP contribution >= 0.6 is 28.3 Å². The van der Waals surface area contributed by atoms with Crippen LogP contribution in [0.25, 0.3) is 0 Å². The van der Waals surface area contributed by atoms with Gasteiger partial charge in [0.2, 0.25) is 0 Å². The van der Waals surface area contributed by atoms with Gasteiger partial charge in [0.1, 0.15) is 5.56 Å². The zero-order valence-electron chi connectivity index (χ0n) is 12.3. The van der Waals surface area contributed by atoms with Crippen molar-refractivity contribution in [2.75, 3.05) is 26.7 Å². The van der Waals surface area contributed by atoms with Crippen molar-refractivity contribution < 1.29 is 9.72 Å². The molecule has 1 aliphatic heterocycles. The zero-order chi connectivity index (χ0) is 15.4. The molecule has 1 fully saturated rings. The molecule has 0 aromatic heterocycles. The molecule has 0 radical (unpaired) electrons. The molecule has 1 saturated heterocycles. The van der Waals surface area contributed by atoms with E-state index in [4.69, 9.17) is 0 Å². The van der Waals surface area contributed by atoms with Crippen molar-refractivity contribution in [1.29, 1.82) is 0 Å². The Balaban J connectivity index is 0.00000242. The molecule has 1 heterocycles. The lowest BCUT2D eigenvalue weighted by Crippen LogP contribution is -2.42. The van der Waals surface area contributed by atoms with Gasteiger partial charge in [-0.05, 0) is 44.5 Å². The number of carbonyl (C=O) groups is 1. The standard InChI is InChI=1S/C14H18BrN3O3.ClH/c1-16-8-10-3-2-6-17(9-10)14(19)12-5-4-11(15)7-13(12)18(20)21;/h4-5,7,10,16H,2-3,6,8-9H2,1H3;1H. The molecule has 6 nitrogen and oxygen atoms in total. The minimum Gasteiger partial charge on any atom is -0.338 e. The summed E-state index contributed by atoms with van der Waals surface area (Å²) < 4.78 is 0.595. The maximum atomic E-state index is 12.6. The Hall–Kier alpha value is -1.18. The number of piperidine rings is 1. The van der Waals surface area contributed by atoms with Crippen LogP contribution in [0.15, 0.2) is 22.7 Å². The zero-order valence-corrected chi connectivity index (χ0v) is 14.7. The van der Waals surface area contributed by atoms with Crippen LogP contribution in [-0.2, 0) is 0 Å². The topological polar surface area (TPSA) is 75.5 Å². The Morgan fingerprint density at radius 3 is 2.91 bits per heavy atom. The van der Waals surface area contributed by atoms with Crippen LogP contribution in [0.3, 0.4) is 0 Å². The van der Waals surface area contributed by atoms with E-state index >= 15 is 0 Å². The fraction of sp³-hybridized carbons (Fsp3) is 0.500. The molecule has 0 spiro atoms. The summed E-state index contributed by atoms with van der Waals surface area (Å²) in [5.41, 5.74) is 0.0124. The van der Waals surface area contributed by atoms with Crippen LogP contribution in [0.4, 0.5) is 5.69 Å². The van der Waals surface area contributed by atoms with Crippen LogP contribution in [-0.4, -0.2) is 42.4 Å². The van der Waals surface area contributed by atoms with Gasteiger partial charge in [-0.2, -0.15) is 0 Å². The Bertz CT molecular complexity index is 554. The molecule has 0 saturated carbocycles. The molecule has 1 atom stereocenters. The summed E-state index contributed by atoms with van der Waals surface area (Å²) in [5.74, 6) is 0.150. The average Bonchev–Trinajstić information content (AvgIpc) is 2.47. The first-order chi connectivity index (χ1) is 10.0. The van der Waals surface area contributed by atoms with Gasteiger partial charge in [-0.1, -0.05) is 15.9 Å². The number of amides is 1. The lowest BCUT2D eigenvalue weighted by atomic mass is 9.97. The second kappa shape index (κ2) is 8.45. The molecule has 1 N–H and O–H groups in total. The fourth-order valence-corrected chi connectivity index (χ4v) is 3.06. The number of nitrogens with zero attached hydrogens (tertiary/aromatic N) is 2. The summed E-state index contributed by atoms with van der Waals surface area (Å²) >= 11 is 3.20. The summed E-state index contributed by atoms with van der Waals surface area (Å²) in [6, 6.07) is 4.56. The normalized spacial score (nSPS) is 17.7. The Morgan fingerprint density at radius 2 is 2.27 bits per heavy atom. The van der Waals surface area contributed by atoms with Gasteiger partial charge in [0, 0.05) is 23.6 Å². The molecular weight excluding hydrogens is 374 g/mol. The third kappa shape index (κ3) is 4.41. The lowest BCUT2D eigenvalue weighted by Gasteiger charge is -2.32. The number of nitrogens with one attached hydrogen (secondary N) is 1. The number of likely N-dealkylation sites (tertiary alicyclic amines) is 1. The van der Waals surface area contributed by atoms with Crippen LogP contribution < -0.4 is 5.32 Å². The van der Waals surface area contributed by atoms with E-state index in [9.17, 15) is 14.9 Å². The minimum absolute atomic E-state index is 0. The fourth-order valence-electron chi connectivity index (χ4n) is 2.71. The van der Waals surface area contributed by atoms with E-state index in [-0.39, 0.29) is 29.6 Å². The Kier molecular flexibility index (Phi) is 7.25. The molecule has 8 heteroatoms. The second-order valence-electron chi connectivity index (χ2n) is 5.24. The number of nitro groups is 1. The highest BCUT2D eigenvalue weighted by Crippen LogP contribution is 2.26. The summed E-state index contributed by atoms with van der Waals surface area (Å²) in [7, 11) is 1.89. The van der Waals surface area contributed by atoms with Crippen molar-refractivity contribution in [3.8, 4) is 0 Å². The monoisotopic (exact) mass is 391 g/mol. The number of nitro benzene ring substituents is 1. The number of halogens is 2. The van der Waals surface area contributed by atoms with E-state index in [1.54, 1.807) is 11.0 Å². The quantitative estimate of drug-likeness (QED) is 0.631. The highest BCUT2D eigenvalue weighted by atomic mass is 79.9. The molecule has 122 valence electrons. The van der Waals surface area contributed by atoms with Crippen LogP contribution in [0.1, 0.15) is 23.2 Å². The molecule has 0 bridgehead atoms. The summed E-state index contributed by atoms with van der Waals surface area (Å²) in [5, 5.41) is 14.3. The Labute approximate surface area is 143 Å². The van der Waals surface area contributed by atoms with Crippen molar-refractivity contribution in [3.63, 3.8) is 0 Å². The van der Waals surface area contributed by atoms with E-state index in [0.717, 1.165) is 19.4 Å². The molecule has 0 aliphatic carbocycles. The molecule has 1 aliphatic rings. The molecule has 1 unspecified atom stereocenters. The van der Waals surface area contributed by atoms with Crippen molar-refractivity contribution in [1.82, 2.24) is 10.2 Å². The van der Waals surface area contributed by atoms with Crippen molar-refractivity contribution in [2.45, 2.75) is 12.8 Å². The van der Waals surface area contributed by atoms with Gasteiger partial charge in [0.25, 0.3) is 11.6 Å². The summed E-state index contributed by atoms with van der Waals surface area (Å²) in [4.78, 5) is 24.9. The first-order valence-electron chi connectivity index (χ1n) is 6.90. The Morgan fingerprint density at radius 1 is 1.55 bits per heavy atom. The third-order valence-corrected chi connectivity index (χ3v) is 4.18. The first-order valence-corrected chi connectivity index (χ1v) is 7.70. The molecule has 1 amide bonds. The maximum absolute atomic E-state index is 12.6. The summed E-state index contributed by atoms with van der Waals surface area (Å²) in [6.45, 7) is 2.16. The SMILES string of the molecule is CNCC1CCCN(C(=O)c2ccc(Br)cc2[N+](=O)[O-])C1.Cl. The predicted molar refractivity (Wildman–Crippen MR) is 90.6 cm³/mol. The van der Waals surface area contributed by atoms with Crippen LogP contribution in [0.2, 0.25) is 0 Å². The average molecular weight is 393 g/mol. The van der Waals surface area contributed by atoms with Gasteiger partial charge in [-0.25, -0.2) is 0 Å². The van der Waals surface area contributed by atoms with Crippen molar-refractivity contribution >= 4 is 39.9 Å². The van der Waals surface area contributed by atoms with Gasteiger partial charge in [0.05, 0.1) is 4.92 Å². The molecule has 1 aromatic rings. The summed E-state index contributed by atoms with van der Waals surface area (Å²) in [6.07, 6.45) is 2.01. The van der Waals surface area contributed by atoms with E-state index in [1.165, 1.54) is 12.1 Å². The van der Waals surface area contributed by atoms with E-state index in [1.807, 2.05) is 7.05 Å². The van der Waals surface area contributed by atoms with E-state index in [0.29, 0.717) is 23.5 Å². The molecule has 22 heavy (non-hydrogen) atoms. The van der Waals surface area contributed by atoms with Gasteiger partial charge in [0.15, 0.2) is 0 Å². The number of hydrogen-bond donors (Lipinski definition) is 1. The smallest absolute Gasteiger partial charge is 0.283 e. The number of carbonyl (C=O) groups excluding carboxylic acids is 1. The lowest BCUT2D eigenvalue weighted by molar-refractivity contribution is -0.385. The molecular formula is C14H19BrClN3O3.